The largest absolute Gasteiger partial charge is 0.416 e. The normalized spacial score (nSPS) is 27.7. The predicted molar refractivity (Wildman–Crippen MR) is 89.3 cm³/mol. The van der Waals surface area contributed by atoms with E-state index in [0.29, 0.717) is 24.3 Å². The van der Waals surface area contributed by atoms with Crippen LogP contribution < -0.4 is 5.32 Å². The lowest BCUT2D eigenvalue weighted by molar-refractivity contribution is -0.138. The van der Waals surface area contributed by atoms with Gasteiger partial charge in [0.05, 0.1) is 11.0 Å². The Bertz CT molecular complexity index is 773. The zero-order valence-electron chi connectivity index (χ0n) is 14.5. The number of rotatable bonds is 3. The highest BCUT2D eigenvalue weighted by atomic mass is 19.4. The van der Waals surface area contributed by atoms with Crippen LogP contribution in [0.4, 0.5) is 18.9 Å². The van der Waals surface area contributed by atoms with Crippen molar-refractivity contribution in [1.82, 2.24) is 4.90 Å². The Morgan fingerprint density at radius 1 is 1.27 bits per heavy atom. The van der Waals surface area contributed by atoms with E-state index in [1.807, 2.05) is 0 Å². The van der Waals surface area contributed by atoms with Crippen molar-refractivity contribution in [2.45, 2.75) is 38.8 Å². The fourth-order valence-corrected chi connectivity index (χ4v) is 4.14. The van der Waals surface area contributed by atoms with Gasteiger partial charge in [0.1, 0.15) is 0 Å². The number of hydrogen-bond donors (Lipinski definition) is 1. The molecule has 2 amide bonds. The molecule has 0 bridgehead atoms. The third kappa shape index (κ3) is 2.77. The Balaban J connectivity index is 1.44. The van der Waals surface area contributed by atoms with Crippen molar-refractivity contribution in [3.8, 4) is 0 Å². The van der Waals surface area contributed by atoms with E-state index in [1.165, 1.54) is 6.07 Å². The Morgan fingerprint density at radius 3 is 2.58 bits per heavy atom. The molecule has 26 heavy (non-hydrogen) atoms. The highest BCUT2D eigenvalue weighted by molar-refractivity contribution is 5.99. The summed E-state index contributed by atoms with van der Waals surface area (Å²) < 4.78 is 38.3. The molecule has 2 aliphatic carbocycles. The van der Waals surface area contributed by atoms with Crippen molar-refractivity contribution in [2.24, 2.45) is 17.3 Å². The Kier molecular flexibility index (Phi) is 3.82. The summed E-state index contributed by atoms with van der Waals surface area (Å²) in [5.41, 5.74) is -0.517. The number of hydrogen-bond acceptors (Lipinski definition) is 2. The van der Waals surface area contributed by atoms with Gasteiger partial charge in [-0.1, -0.05) is 6.42 Å². The van der Waals surface area contributed by atoms with Crippen LogP contribution >= 0.6 is 0 Å². The number of benzene rings is 1. The van der Waals surface area contributed by atoms with Gasteiger partial charge in [-0.25, -0.2) is 0 Å². The van der Waals surface area contributed by atoms with E-state index < -0.39 is 17.2 Å². The zero-order valence-corrected chi connectivity index (χ0v) is 14.5. The number of carbonyl (C=O) groups excluding carboxylic acids is 2. The van der Waals surface area contributed by atoms with E-state index in [1.54, 1.807) is 11.8 Å². The number of carbonyl (C=O) groups is 2. The third-order valence-electron chi connectivity index (χ3n) is 6.17. The first-order chi connectivity index (χ1) is 12.2. The number of alkyl halides is 3. The first-order valence-corrected chi connectivity index (χ1v) is 8.99. The van der Waals surface area contributed by atoms with E-state index in [4.69, 9.17) is 0 Å². The second-order valence-corrected chi connectivity index (χ2v) is 7.89. The maximum absolute atomic E-state index is 12.8. The molecule has 2 saturated carbocycles. The summed E-state index contributed by atoms with van der Waals surface area (Å²) in [6.07, 6.45) is -0.700. The lowest BCUT2D eigenvalue weighted by Gasteiger charge is -2.30. The van der Waals surface area contributed by atoms with Crippen LogP contribution in [0.2, 0.25) is 0 Å². The fraction of sp³-hybridized carbons (Fsp3) is 0.579. The van der Waals surface area contributed by atoms with Crippen molar-refractivity contribution in [2.75, 3.05) is 18.4 Å². The molecule has 1 aliphatic heterocycles. The van der Waals surface area contributed by atoms with Crippen molar-refractivity contribution >= 4 is 17.5 Å². The number of likely N-dealkylation sites (tertiary alicyclic amines) is 1. The van der Waals surface area contributed by atoms with Gasteiger partial charge in [-0.3, -0.25) is 9.59 Å². The molecule has 1 N–H and O–H groups in total. The average molecular weight is 366 g/mol. The Labute approximate surface area is 149 Å². The number of amides is 2. The molecule has 0 unspecified atom stereocenters. The Morgan fingerprint density at radius 2 is 2.00 bits per heavy atom. The molecule has 0 spiro atoms. The molecule has 1 aromatic carbocycles. The number of anilines is 1. The number of piperidine rings is 1. The number of nitrogens with one attached hydrogen (secondary N) is 1. The van der Waals surface area contributed by atoms with Crippen molar-refractivity contribution in [1.29, 1.82) is 0 Å². The molecule has 1 heterocycles. The molecule has 0 aromatic heterocycles. The van der Waals surface area contributed by atoms with Gasteiger partial charge in [-0.05, 0) is 55.9 Å². The van der Waals surface area contributed by atoms with E-state index in [-0.39, 0.29) is 23.7 Å². The van der Waals surface area contributed by atoms with E-state index >= 15 is 0 Å². The summed E-state index contributed by atoms with van der Waals surface area (Å²) in [7, 11) is 0. The molecule has 1 saturated heterocycles. The molecule has 0 radical (unpaired) electrons. The highest BCUT2D eigenvalue weighted by Gasteiger charge is 2.65. The topological polar surface area (TPSA) is 49.4 Å². The van der Waals surface area contributed by atoms with Gasteiger partial charge in [0.15, 0.2) is 0 Å². The molecule has 4 nitrogen and oxygen atoms in total. The summed E-state index contributed by atoms with van der Waals surface area (Å²) in [6, 6.07) is 3.32. The molecule has 3 fully saturated rings. The molecular formula is C19H21F3N2O2. The van der Waals surface area contributed by atoms with Gasteiger partial charge < -0.3 is 10.2 Å². The minimum Gasteiger partial charge on any atom is -0.341 e. The molecule has 4 rings (SSSR count). The fourth-order valence-electron chi connectivity index (χ4n) is 4.14. The SMILES string of the molecule is Cc1cc(C(F)(F)F)ccc1NC(=O)[C@@]12C[C@@H]1CN(C(=O)C1CCC1)C2. The van der Waals surface area contributed by atoms with Crippen LogP contribution in [0.15, 0.2) is 18.2 Å². The second-order valence-electron chi connectivity index (χ2n) is 7.89. The third-order valence-corrected chi connectivity index (χ3v) is 6.17. The second kappa shape index (κ2) is 5.72. The molecule has 140 valence electrons. The molecule has 7 heteroatoms. The summed E-state index contributed by atoms with van der Waals surface area (Å²) >= 11 is 0. The highest BCUT2D eigenvalue weighted by Crippen LogP contribution is 2.58. The average Bonchev–Trinajstić information content (AvgIpc) is 3.08. The smallest absolute Gasteiger partial charge is 0.341 e. The minimum absolute atomic E-state index is 0.116. The van der Waals surface area contributed by atoms with Crippen LogP contribution in [-0.4, -0.2) is 29.8 Å². The van der Waals surface area contributed by atoms with Gasteiger partial charge in [-0.2, -0.15) is 13.2 Å². The Hall–Kier alpha value is -2.05. The lowest BCUT2D eigenvalue weighted by atomic mass is 9.84. The summed E-state index contributed by atoms with van der Waals surface area (Å²) in [4.78, 5) is 27.0. The van der Waals surface area contributed by atoms with Crippen LogP contribution in [-0.2, 0) is 15.8 Å². The molecule has 3 aliphatic rings. The van der Waals surface area contributed by atoms with E-state index in [9.17, 15) is 22.8 Å². The number of nitrogens with zero attached hydrogens (tertiary/aromatic N) is 1. The van der Waals surface area contributed by atoms with Gasteiger partial charge in [0.25, 0.3) is 0 Å². The van der Waals surface area contributed by atoms with Gasteiger partial charge in [0, 0.05) is 24.7 Å². The van der Waals surface area contributed by atoms with Gasteiger partial charge in [0.2, 0.25) is 11.8 Å². The maximum atomic E-state index is 12.8. The molecular weight excluding hydrogens is 345 g/mol. The first kappa shape index (κ1) is 17.4. The predicted octanol–water partition coefficient (Wildman–Crippen LogP) is 3.60. The van der Waals surface area contributed by atoms with Crippen molar-refractivity contribution in [3.63, 3.8) is 0 Å². The minimum atomic E-state index is -4.40. The maximum Gasteiger partial charge on any atom is 0.416 e. The summed E-state index contributed by atoms with van der Waals surface area (Å²) in [5.74, 6) is 0.252. The summed E-state index contributed by atoms with van der Waals surface area (Å²) in [6.45, 7) is 2.60. The van der Waals surface area contributed by atoms with Gasteiger partial charge in [-0.15, -0.1) is 0 Å². The number of fused-ring (bicyclic) bond motifs is 1. The van der Waals surface area contributed by atoms with Crippen LogP contribution in [0.3, 0.4) is 0 Å². The van der Waals surface area contributed by atoms with Crippen LogP contribution in [0.5, 0.6) is 0 Å². The van der Waals surface area contributed by atoms with Crippen molar-refractivity contribution in [3.05, 3.63) is 29.3 Å². The molecule has 2 atom stereocenters. The quantitative estimate of drug-likeness (QED) is 0.889. The van der Waals surface area contributed by atoms with Crippen LogP contribution in [0, 0.1) is 24.2 Å². The standard InChI is InChI=1S/C19H21F3N2O2/c1-11-7-13(19(20,21)22)5-6-15(11)23-17(26)18-8-14(18)9-24(10-18)16(25)12-3-2-4-12/h5-7,12,14H,2-4,8-10H2,1H3,(H,23,26)/t14-,18-/m1/s1. The van der Waals surface area contributed by atoms with Crippen LogP contribution in [0.1, 0.15) is 36.8 Å². The lowest BCUT2D eigenvalue weighted by Crippen LogP contribution is -2.40. The van der Waals surface area contributed by atoms with Crippen molar-refractivity contribution < 1.29 is 22.8 Å². The number of halogens is 3. The first-order valence-electron chi connectivity index (χ1n) is 8.99. The zero-order chi connectivity index (χ0) is 18.7. The monoisotopic (exact) mass is 366 g/mol. The van der Waals surface area contributed by atoms with Gasteiger partial charge >= 0.3 is 6.18 Å². The van der Waals surface area contributed by atoms with Crippen LogP contribution in [0.25, 0.3) is 0 Å². The molecule has 1 aromatic rings. The van der Waals surface area contributed by atoms with E-state index in [0.717, 1.165) is 37.8 Å². The van der Waals surface area contributed by atoms with E-state index in [2.05, 4.69) is 5.32 Å². The number of aryl methyl sites for hydroxylation is 1. The summed E-state index contributed by atoms with van der Waals surface area (Å²) in [5, 5.41) is 2.79.